The predicted molar refractivity (Wildman–Crippen MR) is 125 cm³/mol. The molecular weight excluding hydrogens is 424 g/mol. The predicted octanol–water partition coefficient (Wildman–Crippen LogP) is 4.60. The van der Waals surface area contributed by atoms with Crippen LogP contribution < -0.4 is 4.90 Å². The van der Waals surface area contributed by atoms with Crippen molar-refractivity contribution in [1.82, 2.24) is 4.90 Å². The molecular formula is C26H25ClN2O3. The summed E-state index contributed by atoms with van der Waals surface area (Å²) in [7, 11) is 0. The number of carbonyl (C=O) groups excluding carboxylic acids is 3. The molecule has 3 aliphatic rings. The van der Waals surface area contributed by atoms with E-state index in [2.05, 4.69) is 6.08 Å². The summed E-state index contributed by atoms with van der Waals surface area (Å²) in [6, 6.07) is 13.4. The molecule has 0 saturated carbocycles. The first-order valence-electron chi connectivity index (χ1n) is 11.1. The molecule has 3 aliphatic heterocycles. The van der Waals surface area contributed by atoms with E-state index in [1.165, 1.54) is 4.90 Å². The zero-order valence-electron chi connectivity index (χ0n) is 18.3. The summed E-state index contributed by atoms with van der Waals surface area (Å²) < 4.78 is 0. The molecule has 0 bridgehead atoms. The number of para-hydroxylation sites is 1. The highest BCUT2D eigenvalue weighted by atomic mass is 35.5. The van der Waals surface area contributed by atoms with Gasteiger partial charge in [0.2, 0.25) is 11.8 Å². The lowest BCUT2D eigenvalue weighted by molar-refractivity contribution is -0.142. The summed E-state index contributed by atoms with van der Waals surface area (Å²) in [5.74, 6) is -1.84. The Morgan fingerprint density at radius 1 is 1.03 bits per heavy atom. The molecule has 32 heavy (non-hydrogen) atoms. The minimum absolute atomic E-state index is 0.158. The summed E-state index contributed by atoms with van der Waals surface area (Å²) in [6.45, 7) is 5.87. The number of hydrogen-bond donors (Lipinski definition) is 0. The first kappa shape index (κ1) is 21.0. The molecule has 6 heteroatoms. The number of hydrogen-bond acceptors (Lipinski definition) is 4. The number of anilines is 1. The second-order valence-corrected chi connectivity index (χ2v) is 9.37. The van der Waals surface area contributed by atoms with Gasteiger partial charge in [0, 0.05) is 27.9 Å². The molecule has 2 fully saturated rings. The van der Waals surface area contributed by atoms with Crippen molar-refractivity contribution in [3.8, 4) is 0 Å². The van der Waals surface area contributed by atoms with Crippen molar-refractivity contribution in [2.24, 2.45) is 11.8 Å². The van der Waals surface area contributed by atoms with E-state index in [4.69, 9.17) is 11.6 Å². The average molecular weight is 449 g/mol. The standard InChI is InChI=1S/C26H25ClN2O3/c1-4-15(3)28-25(31)21-20-13-14(2)18-7-5-6-8-19(18)29(20)23(22(21)26(28)32)24(30)16-9-11-17(27)12-10-16/h5-13,15,20-23H,4H2,1-3H3/t15-,20+,21-,22+,23+/m0/s1. The third kappa shape index (κ3) is 2.87. The van der Waals surface area contributed by atoms with Crippen molar-refractivity contribution >= 4 is 40.5 Å². The molecule has 5 atom stereocenters. The maximum atomic E-state index is 13.9. The Labute approximate surface area is 192 Å². The smallest absolute Gasteiger partial charge is 0.236 e. The third-order valence-electron chi connectivity index (χ3n) is 7.22. The largest absolute Gasteiger partial charge is 0.352 e. The van der Waals surface area contributed by atoms with Gasteiger partial charge in [-0.05, 0) is 56.2 Å². The first-order valence-corrected chi connectivity index (χ1v) is 11.5. The number of fused-ring (bicyclic) bond motifs is 5. The fourth-order valence-corrected chi connectivity index (χ4v) is 5.65. The molecule has 0 radical (unpaired) electrons. The van der Waals surface area contributed by atoms with Crippen LogP contribution in [0.4, 0.5) is 5.69 Å². The van der Waals surface area contributed by atoms with Gasteiger partial charge in [-0.25, -0.2) is 0 Å². The second kappa shape index (κ2) is 7.59. The number of halogens is 1. The molecule has 2 aromatic carbocycles. The Bertz CT molecular complexity index is 1160. The molecule has 0 unspecified atom stereocenters. The highest BCUT2D eigenvalue weighted by Gasteiger charge is 2.64. The molecule has 0 spiro atoms. The van der Waals surface area contributed by atoms with Gasteiger partial charge >= 0.3 is 0 Å². The monoisotopic (exact) mass is 448 g/mol. The lowest BCUT2D eigenvalue weighted by Crippen LogP contribution is -2.50. The van der Waals surface area contributed by atoms with E-state index < -0.39 is 17.9 Å². The van der Waals surface area contributed by atoms with Crippen LogP contribution in [-0.2, 0) is 9.59 Å². The Balaban J connectivity index is 1.68. The third-order valence-corrected chi connectivity index (χ3v) is 7.47. The van der Waals surface area contributed by atoms with E-state index in [1.54, 1.807) is 24.3 Å². The number of rotatable bonds is 4. The number of benzene rings is 2. The van der Waals surface area contributed by atoms with Crippen LogP contribution in [0.3, 0.4) is 0 Å². The highest BCUT2D eigenvalue weighted by molar-refractivity contribution is 6.30. The van der Waals surface area contributed by atoms with E-state index in [-0.39, 0.29) is 29.7 Å². The number of carbonyl (C=O) groups is 3. The minimum atomic E-state index is -0.748. The number of imide groups is 1. The minimum Gasteiger partial charge on any atom is -0.352 e. The van der Waals surface area contributed by atoms with Crippen LogP contribution in [-0.4, -0.2) is 40.6 Å². The fraction of sp³-hybridized carbons (Fsp3) is 0.346. The molecule has 0 aromatic heterocycles. The SMILES string of the molecule is CC[C@H](C)N1C(=O)[C@@H]2[C@@H](C1=O)[C@H](C(=O)c1ccc(Cl)cc1)N1c3ccccc3C(C)=C[C@H]21. The summed E-state index contributed by atoms with van der Waals surface area (Å²) >= 11 is 6.04. The molecule has 0 N–H and O–H groups in total. The van der Waals surface area contributed by atoms with E-state index in [9.17, 15) is 14.4 Å². The molecule has 0 aliphatic carbocycles. The highest BCUT2D eigenvalue weighted by Crippen LogP contribution is 2.50. The molecule has 2 amide bonds. The van der Waals surface area contributed by atoms with Crippen LogP contribution in [0.25, 0.3) is 5.57 Å². The quantitative estimate of drug-likeness (QED) is 0.506. The van der Waals surface area contributed by atoms with Crippen LogP contribution in [0.2, 0.25) is 5.02 Å². The van der Waals surface area contributed by atoms with Crippen molar-refractivity contribution in [3.05, 3.63) is 70.8 Å². The molecule has 2 aromatic rings. The van der Waals surface area contributed by atoms with E-state index in [0.717, 1.165) is 16.8 Å². The number of ketones is 1. The summed E-state index contributed by atoms with van der Waals surface area (Å²) in [5, 5.41) is 0.542. The van der Waals surface area contributed by atoms with Gasteiger partial charge in [0.05, 0.1) is 17.9 Å². The number of allylic oxidation sites excluding steroid dienone is 1. The maximum absolute atomic E-state index is 13.9. The van der Waals surface area contributed by atoms with Gasteiger partial charge in [0.25, 0.3) is 0 Å². The van der Waals surface area contributed by atoms with Gasteiger partial charge in [0.15, 0.2) is 5.78 Å². The lowest BCUT2D eigenvalue weighted by Gasteiger charge is -2.38. The second-order valence-electron chi connectivity index (χ2n) is 8.94. The van der Waals surface area contributed by atoms with Crippen LogP contribution in [0.5, 0.6) is 0 Å². The number of nitrogens with zero attached hydrogens (tertiary/aromatic N) is 2. The van der Waals surface area contributed by atoms with Gasteiger partial charge in [-0.1, -0.05) is 42.8 Å². The molecule has 5 nitrogen and oxygen atoms in total. The maximum Gasteiger partial charge on any atom is 0.236 e. The average Bonchev–Trinajstić information content (AvgIpc) is 3.26. The van der Waals surface area contributed by atoms with Crippen LogP contribution >= 0.6 is 11.6 Å². The van der Waals surface area contributed by atoms with Gasteiger partial charge in [-0.2, -0.15) is 0 Å². The number of likely N-dealkylation sites (tertiary alicyclic amines) is 1. The van der Waals surface area contributed by atoms with E-state index >= 15 is 0 Å². The van der Waals surface area contributed by atoms with Crippen molar-refractivity contribution in [2.45, 2.75) is 45.3 Å². The Kier molecular flexibility index (Phi) is 4.97. The van der Waals surface area contributed by atoms with Crippen molar-refractivity contribution < 1.29 is 14.4 Å². The van der Waals surface area contributed by atoms with Gasteiger partial charge in [-0.15, -0.1) is 0 Å². The summed E-state index contributed by atoms with van der Waals surface area (Å²) in [6.07, 6.45) is 2.74. The molecule has 164 valence electrons. The topological polar surface area (TPSA) is 57.7 Å². The first-order chi connectivity index (χ1) is 15.3. The fourth-order valence-electron chi connectivity index (χ4n) is 5.52. The van der Waals surface area contributed by atoms with Crippen LogP contribution in [0.1, 0.15) is 43.1 Å². The molecule has 2 saturated heterocycles. The van der Waals surface area contributed by atoms with Crippen molar-refractivity contribution in [3.63, 3.8) is 0 Å². The lowest BCUT2D eigenvalue weighted by atomic mass is 9.85. The Morgan fingerprint density at radius 2 is 1.69 bits per heavy atom. The van der Waals surface area contributed by atoms with E-state index in [1.807, 2.05) is 49.9 Å². The number of Topliss-reactive ketones (excluding diaryl/α,β-unsaturated/α-hetero) is 1. The zero-order chi connectivity index (χ0) is 22.7. The Hall–Kier alpha value is -2.92. The van der Waals surface area contributed by atoms with Crippen LogP contribution in [0, 0.1) is 11.8 Å². The van der Waals surface area contributed by atoms with Gasteiger partial charge < -0.3 is 4.90 Å². The normalized spacial score (nSPS) is 27.1. The Morgan fingerprint density at radius 3 is 2.38 bits per heavy atom. The zero-order valence-corrected chi connectivity index (χ0v) is 19.0. The summed E-state index contributed by atoms with van der Waals surface area (Å²) in [4.78, 5) is 44.4. The molecule has 3 heterocycles. The van der Waals surface area contributed by atoms with Gasteiger partial charge in [-0.3, -0.25) is 19.3 Å². The molecule has 5 rings (SSSR count). The van der Waals surface area contributed by atoms with Gasteiger partial charge in [0.1, 0.15) is 6.04 Å². The number of amides is 2. The summed E-state index contributed by atoms with van der Waals surface area (Å²) in [5.41, 5.74) is 3.47. The van der Waals surface area contributed by atoms with E-state index in [0.29, 0.717) is 17.0 Å². The van der Waals surface area contributed by atoms with Crippen molar-refractivity contribution in [1.29, 1.82) is 0 Å². The van der Waals surface area contributed by atoms with Crippen LogP contribution in [0.15, 0.2) is 54.6 Å². The van der Waals surface area contributed by atoms with Crippen molar-refractivity contribution in [2.75, 3.05) is 4.90 Å².